The number of hydrogen-bond acceptors (Lipinski definition) is 3. The third-order valence-electron chi connectivity index (χ3n) is 7.65. The van der Waals surface area contributed by atoms with E-state index in [9.17, 15) is 0 Å². The SMILES string of the molecule is c1ccc(-c2cccc(-c3cccc(-c4nc(-c5ccccc5)nc5c4sc4cc6ccccc6cc45)c3)c2)cc1. The number of benzene rings is 6. The second-order valence-electron chi connectivity index (χ2n) is 10.3. The molecule has 6 aromatic carbocycles. The van der Waals surface area contributed by atoms with Crippen LogP contribution < -0.4 is 0 Å². The van der Waals surface area contributed by atoms with E-state index in [0.717, 1.165) is 32.9 Å². The van der Waals surface area contributed by atoms with Gasteiger partial charge < -0.3 is 0 Å². The van der Waals surface area contributed by atoms with Crippen molar-refractivity contribution in [2.45, 2.75) is 0 Å². The van der Waals surface area contributed by atoms with Gasteiger partial charge in [-0.15, -0.1) is 11.3 Å². The molecule has 0 aliphatic heterocycles. The molecule has 2 aromatic heterocycles. The van der Waals surface area contributed by atoms with Crippen LogP contribution in [0.4, 0.5) is 0 Å². The fourth-order valence-corrected chi connectivity index (χ4v) is 6.78. The molecule has 2 nitrogen and oxygen atoms in total. The molecule has 0 aliphatic carbocycles. The number of hydrogen-bond donors (Lipinski definition) is 0. The van der Waals surface area contributed by atoms with E-state index in [1.54, 1.807) is 11.3 Å². The van der Waals surface area contributed by atoms with Crippen LogP contribution in [0, 0.1) is 0 Å². The molecule has 0 atom stereocenters. The molecule has 0 unspecified atom stereocenters. The van der Waals surface area contributed by atoms with Crippen LogP contribution in [0.2, 0.25) is 0 Å². The van der Waals surface area contributed by atoms with Gasteiger partial charge in [0, 0.05) is 21.2 Å². The van der Waals surface area contributed by atoms with Gasteiger partial charge >= 0.3 is 0 Å². The molecule has 192 valence electrons. The molecule has 0 saturated heterocycles. The highest BCUT2D eigenvalue weighted by atomic mass is 32.1. The zero-order valence-corrected chi connectivity index (χ0v) is 23.0. The van der Waals surface area contributed by atoms with Crippen molar-refractivity contribution in [2.24, 2.45) is 0 Å². The first kappa shape index (κ1) is 23.7. The molecule has 2 heterocycles. The van der Waals surface area contributed by atoms with Gasteiger partial charge in [-0.3, -0.25) is 0 Å². The summed E-state index contributed by atoms with van der Waals surface area (Å²) in [5.74, 6) is 0.748. The van der Waals surface area contributed by atoms with Gasteiger partial charge in [-0.25, -0.2) is 9.97 Å². The van der Waals surface area contributed by atoms with E-state index in [-0.39, 0.29) is 0 Å². The second-order valence-corrected chi connectivity index (χ2v) is 11.3. The number of thiophene rings is 1. The first-order valence-electron chi connectivity index (χ1n) is 13.7. The van der Waals surface area contributed by atoms with E-state index >= 15 is 0 Å². The summed E-state index contributed by atoms with van der Waals surface area (Å²) in [6, 6.07) is 51.4. The Morgan fingerprint density at radius 3 is 1.66 bits per heavy atom. The van der Waals surface area contributed by atoms with E-state index in [0.29, 0.717) is 0 Å². The topological polar surface area (TPSA) is 25.8 Å². The Balaban J connectivity index is 1.34. The van der Waals surface area contributed by atoms with Crippen LogP contribution in [0.3, 0.4) is 0 Å². The normalized spacial score (nSPS) is 11.4. The van der Waals surface area contributed by atoms with Crippen LogP contribution in [-0.2, 0) is 0 Å². The molecule has 0 radical (unpaired) electrons. The molecule has 0 N–H and O–H groups in total. The average molecular weight is 541 g/mol. The Bertz CT molecular complexity index is 2200. The lowest BCUT2D eigenvalue weighted by Crippen LogP contribution is -1.93. The van der Waals surface area contributed by atoms with E-state index < -0.39 is 0 Å². The molecule has 8 aromatic rings. The number of nitrogens with zero attached hydrogens (tertiary/aromatic N) is 2. The summed E-state index contributed by atoms with van der Waals surface area (Å²) in [5.41, 5.74) is 8.87. The van der Waals surface area contributed by atoms with Crippen molar-refractivity contribution in [1.82, 2.24) is 9.97 Å². The summed E-state index contributed by atoms with van der Waals surface area (Å²) in [4.78, 5) is 10.4. The lowest BCUT2D eigenvalue weighted by molar-refractivity contribution is 1.24. The van der Waals surface area contributed by atoms with Gasteiger partial charge in [-0.05, 0) is 57.3 Å². The minimum Gasteiger partial charge on any atom is -0.226 e. The monoisotopic (exact) mass is 540 g/mol. The smallest absolute Gasteiger partial charge is 0.160 e. The number of aromatic nitrogens is 2. The van der Waals surface area contributed by atoms with Gasteiger partial charge in [0.2, 0.25) is 0 Å². The molecule has 0 saturated carbocycles. The zero-order chi connectivity index (χ0) is 27.2. The van der Waals surface area contributed by atoms with Crippen LogP contribution in [0.25, 0.3) is 76.0 Å². The fourth-order valence-electron chi connectivity index (χ4n) is 5.60. The maximum atomic E-state index is 5.21. The van der Waals surface area contributed by atoms with Crippen molar-refractivity contribution in [2.75, 3.05) is 0 Å². The first-order chi connectivity index (χ1) is 20.3. The maximum Gasteiger partial charge on any atom is 0.160 e. The largest absolute Gasteiger partial charge is 0.226 e. The molecule has 0 fully saturated rings. The predicted molar refractivity (Wildman–Crippen MR) is 174 cm³/mol. The Morgan fingerprint density at radius 2 is 0.951 bits per heavy atom. The summed E-state index contributed by atoms with van der Waals surface area (Å²) >= 11 is 1.78. The van der Waals surface area contributed by atoms with E-state index in [4.69, 9.17) is 9.97 Å². The van der Waals surface area contributed by atoms with Gasteiger partial charge in [-0.2, -0.15) is 0 Å². The average Bonchev–Trinajstić information content (AvgIpc) is 3.41. The third kappa shape index (κ3) is 4.28. The van der Waals surface area contributed by atoms with Crippen LogP contribution >= 0.6 is 11.3 Å². The lowest BCUT2D eigenvalue weighted by atomic mass is 9.97. The van der Waals surface area contributed by atoms with Crippen molar-refractivity contribution in [3.63, 3.8) is 0 Å². The quantitative estimate of drug-likeness (QED) is 0.222. The van der Waals surface area contributed by atoms with E-state index in [1.165, 1.54) is 43.1 Å². The van der Waals surface area contributed by atoms with Crippen LogP contribution in [0.5, 0.6) is 0 Å². The molecular formula is C38H24N2S. The van der Waals surface area contributed by atoms with Crippen LogP contribution in [0.1, 0.15) is 0 Å². The fraction of sp³-hybridized carbons (Fsp3) is 0. The van der Waals surface area contributed by atoms with Gasteiger partial charge in [0.05, 0.1) is 15.9 Å². The van der Waals surface area contributed by atoms with Crippen LogP contribution in [0.15, 0.2) is 146 Å². The van der Waals surface area contributed by atoms with Gasteiger partial charge in [0.25, 0.3) is 0 Å². The minimum absolute atomic E-state index is 0.748. The second kappa shape index (κ2) is 9.81. The highest BCUT2D eigenvalue weighted by Crippen LogP contribution is 2.41. The molecular weight excluding hydrogens is 516 g/mol. The van der Waals surface area contributed by atoms with E-state index in [2.05, 4.69) is 127 Å². The van der Waals surface area contributed by atoms with Crippen molar-refractivity contribution in [3.8, 4) is 44.9 Å². The lowest BCUT2D eigenvalue weighted by Gasteiger charge is -2.10. The Morgan fingerprint density at radius 1 is 0.415 bits per heavy atom. The molecule has 0 spiro atoms. The summed E-state index contributed by atoms with van der Waals surface area (Å²) in [5, 5.41) is 3.64. The maximum absolute atomic E-state index is 5.21. The van der Waals surface area contributed by atoms with Crippen molar-refractivity contribution >= 4 is 42.4 Å². The third-order valence-corrected chi connectivity index (χ3v) is 8.80. The highest BCUT2D eigenvalue weighted by Gasteiger charge is 2.17. The van der Waals surface area contributed by atoms with Crippen molar-refractivity contribution in [3.05, 3.63) is 146 Å². The molecule has 3 heteroatoms. The van der Waals surface area contributed by atoms with Gasteiger partial charge in [0.15, 0.2) is 5.82 Å². The van der Waals surface area contributed by atoms with Gasteiger partial charge in [0.1, 0.15) is 0 Å². The van der Waals surface area contributed by atoms with E-state index in [1.807, 2.05) is 18.2 Å². The molecule has 0 amide bonds. The summed E-state index contributed by atoms with van der Waals surface area (Å²) in [7, 11) is 0. The summed E-state index contributed by atoms with van der Waals surface area (Å²) in [6.45, 7) is 0. The summed E-state index contributed by atoms with van der Waals surface area (Å²) in [6.07, 6.45) is 0. The Kier molecular flexibility index (Phi) is 5.68. The zero-order valence-electron chi connectivity index (χ0n) is 22.2. The molecule has 8 rings (SSSR count). The van der Waals surface area contributed by atoms with Crippen molar-refractivity contribution < 1.29 is 0 Å². The highest BCUT2D eigenvalue weighted by molar-refractivity contribution is 7.26. The first-order valence-corrected chi connectivity index (χ1v) is 14.6. The minimum atomic E-state index is 0.748. The number of fused-ring (bicyclic) bond motifs is 4. The predicted octanol–water partition coefficient (Wildman–Crippen LogP) is 10.7. The van der Waals surface area contributed by atoms with Gasteiger partial charge in [-0.1, -0.05) is 121 Å². The molecule has 41 heavy (non-hydrogen) atoms. The van der Waals surface area contributed by atoms with Crippen LogP contribution in [-0.4, -0.2) is 9.97 Å². The van der Waals surface area contributed by atoms with Crippen molar-refractivity contribution in [1.29, 1.82) is 0 Å². The summed E-state index contributed by atoms with van der Waals surface area (Å²) < 4.78 is 2.34. The standard InChI is InChI=1S/C38H24N2S/c1-3-11-25(12-4-1)27-17-9-18-28(21-27)29-19-10-20-32(22-29)35-37-36(40-38(39-35)26-13-5-2-6-14-26)33-23-30-15-7-8-16-31(30)24-34(33)41-37/h1-24H. The molecule has 0 bridgehead atoms. The molecule has 0 aliphatic rings. The number of rotatable bonds is 4. The Labute approximate surface area is 242 Å². The Hall–Kier alpha value is -5.12.